The van der Waals surface area contributed by atoms with Gasteiger partial charge >= 0.3 is 5.97 Å². The van der Waals surface area contributed by atoms with Gasteiger partial charge in [0, 0.05) is 16.5 Å². The van der Waals surface area contributed by atoms with Gasteiger partial charge in [-0.3, -0.25) is 4.79 Å². The van der Waals surface area contributed by atoms with Crippen LogP contribution in [0.3, 0.4) is 0 Å². The van der Waals surface area contributed by atoms with Crippen molar-refractivity contribution in [1.82, 2.24) is 0 Å². The van der Waals surface area contributed by atoms with E-state index in [4.69, 9.17) is 28.3 Å². The Labute approximate surface area is 150 Å². The first-order valence-electron chi connectivity index (χ1n) is 7.42. The summed E-state index contributed by atoms with van der Waals surface area (Å²) >= 11 is 12.1. The Balaban J connectivity index is 0.000000219. The first-order valence-corrected chi connectivity index (χ1v) is 8.18. The molecule has 1 aliphatic rings. The highest BCUT2D eigenvalue weighted by Crippen LogP contribution is 2.31. The fourth-order valence-corrected chi connectivity index (χ4v) is 2.65. The molecule has 0 aromatic heterocycles. The summed E-state index contributed by atoms with van der Waals surface area (Å²) in [5, 5.41) is 9.64. The highest BCUT2D eigenvalue weighted by molar-refractivity contribution is 6.36. The molecule has 24 heavy (non-hydrogen) atoms. The second-order valence-corrected chi connectivity index (χ2v) is 6.22. The average Bonchev–Trinajstić information content (AvgIpc) is 2.99. The minimum absolute atomic E-state index is 0.0360. The molecule has 2 aromatic carbocycles. The van der Waals surface area contributed by atoms with Crippen LogP contribution in [0, 0.1) is 12.7 Å². The molecule has 0 saturated carbocycles. The molecular weight excluding hydrogens is 354 g/mol. The molecule has 0 radical (unpaired) electrons. The van der Waals surface area contributed by atoms with Crippen LogP contribution in [0.2, 0.25) is 10.0 Å². The van der Waals surface area contributed by atoms with Gasteiger partial charge in [-0.25, -0.2) is 4.39 Å². The minimum Gasteiger partial charge on any atom is -0.460 e. The molecular formula is C18H17Cl2FO3. The van der Waals surface area contributed by atoms with Crippen LogP contribution in [0.4, 0.5) is 4.39 Å². The van der Waals surface area contributed by atoms with Crippen molar-refractivity contribution in [2.45, 2.75) is 25.9 Å². The van der Waals surface area contributed by atoms with Crippen LogP contribution in [0.25, 0.3) is 11.1 Å². The summed E-state index contributed by atoms with van der Waals surface area (Å²) in [7, 11) is 0. The predicted molar refractivity (Wildman–Crippen MR) is 92.8 cm³/mol. The third-order valence-corrected chi connectivity index (χ3v) is 4.42. The van der Waals surface area contributed by atoms with Gasteiger partial charge in [0.15, 0.2) is 0 Å². The summed E-state index contributed by atoms with van der Waals surface area (Å²) in [5.74, 6) is -0.447. The largest absolute Gasteiger partial charge is 0.460 e. The molecule has 1 aliphatic heterocycles. The maximum atomic E-state index is 12.8. The zero-order valence-electron chi connectivity index (χ0n) is 13.1. The van der Waals surface area contributed by atoms with Gasteiger partial charge in [0.25, 0.3) is 0 Å². The third-order valence-electron chi connectivity index (χ3n) is 3.63. The molecule has 1 atom stereocenters. The number of esters is 1. The van der Waals surface area contributed by atoms with Crippen molar-refractivity contribution in [3.63, 3.8) is 0 Å². The van der Waals surface area contributed by atoms with Gasteiger partial charge in [-0.2, -0.15) is 0 Å². The molecule has 3 nitrogen and oxygen atoms in total. The van der Waals surface area contributed by atoms with E-state index in [0.29, 0.717) is 22.9 Å². The van der Waals surface area contributed by atoms with Crippen LogP contribution in [-0.2, 0) is 9.53 Å². The number of cyclic esters (lactones) is 1. The first-order chi connectivity index (χ1) is 11.4. The van der Waals surface area contributed by atoms with E-state index in [1.807, 2.05) is 19.1 Å². The zero-order chi connectivity index (χ0) is 17.7. The van der Waals surface area contributed by atoms with Crippen molar-refractivity contribution >= 4 is 29.2 Å². The Morgan fingerprint density at radius 3 is 2.17 bits per heavy atom. The number of hydrogen-bond acceptors (Lipinski definition) is 3. The SMILES string of the molecule is Cc1c(Cl)cc(-c2ccc(F)cc2)cc1Cl.O=C1CCC(CO)O1. The van der Waals surface area contributed by atoms with Crippen molar-refractivity contribution in [2.75, 3.05) is 6.61 Å². The third kappa shape index (κ3) is 4.94. The van der Waals surface area contributed by atoms with Crippen LogP contribution < -0.4 is 0 Å². The highest BCUT2D eigenvalue weighted by atomic mass is 35.5. The summed E-state index contributed by atoms with van der Waals surface area (Å²) in [5.41, 5.74) is 2.64. The molecule has 1 saturated heterocycles. The Morgan fingerprint density at radius 2 is 1.75 bits per heavy atom. The molecule has 3 rings (SSSR count). The van der Waals surface area contributed by atoms with Crippen LogP contribution in [0.1, 0.15) is 18.4 Å². The number of aliphatic hydroxyl groups is 1. The van der Waals surface area contributed by atoms with Crippen LogP contribution >= 0.6 is 23.2 Å². The summed E-state index contributed by atoms with van der Waals surface area (Å²) in [6, 6.07) is 9.89. The lowest BCUT2D eigenvalue weighted by Crippen LogP contribution is -2.10. The van der Waals surface area contributed by atoms with Crippen LogP contribution in [-0.4, -0.2) is 23.8 Å². The Bertz CT molecular complexity index is 694. The quantitative estimate of drug-likeness (QED) is 0.772. The van der Waals surface area contributed by atoms with Crippen LogP contribution in [0.15, 0.2) is 36.4 Å². The fourth-order valence-electron chi connectivity index (χ4n) is 2.17. The van der Waals surface area contributed by atoms with Gasteiger partial charge in [0.05, 0.1) is 6.61 Å². The van der Waals surface area contributed by atoms with Gasteiger partial charge in [0.2, 0.25) is 0 Å². The van der Waals surface area contributed by atoms with Gasteiger partial charge < -0.3 is 9.84 Å². The molecule has 1 heterocycles. The van der Waals surface area contributed by atoms with Crippen LogP contribution in [0.5, 0.6) is 0 Å². The second-order valence-electron chi connectivity index (χ2n) is 5.40. The number of benzene rings is 2. The molecule has 0 aliphatic carbocycles. The lowest BCUT2D eigenvalue weighted by molar-refractivity contribution is -0.142. The van der Waals surface area contributed by atoms with Crippen molar-refractivity contribution in [2.24, 2.45) is 0 Å². The number of halogens is 3. The van der Waals surface area contributed by atoms with E-state index in [-0.39, 0.29) is 24.5 Å². The summed E-state index contributed by atoms with van der Waals surface area (Å²) in [4.78, 5) is 10.3. The average molecular weight is 371 g/mol. The van der Waals surface area contributed by atoms with E-state index in [9.17, 15) is 9.18 Å². The number of carbonyl (C=O) groups is 1. The summed E-state index contributed by atoms with van der Waals surface area (Å²) in [6.45, 7) is 1.82. The van der Waals surface area contributed by atoms with E-state index >= 15 is 0 Å². The number of carbonyl (C=O) groups excluding carboxylic acids is 1. The number of hydrogen-bond donors (Lipinski definition) is 1. The number of rotatable bonds is 2. The van der Waals surface area contributed by atoms with E-state index in [1.165, 1.54) is 12.1 Å². The topological polar surface area (TPSA) is 46.5 Å². The smallest absolute Gasteiger partial charge is 0.306 e. The molecule has 0 amide bonds. The highest BCUT2D eigenvalue weighted by Gasteiger charge is 2.21. The lowest BCUT2D eigenvalue weighted by atomic mass is 10.0. The van der Waals surface area contributed by atoms with Gasteiger partial charge in [-0.1, -0.05) is 35.3 Å². The fraction of sp³-hybridized carbons (Fsp3) is 0.278. The molecule has 1 unspecified atom stereocenters. The van der Waals surface area contributed by atoms with Crippen molar-refractivity contribution in [3.8, 4) is 11.1 Å². The molecule has 2 aromatic rings. The van der Waals surface area contributed by atoms with Crippen molar-refractivity contribution < 1.29 is 19.0 Å². The molecule has 6 heteroatoms. The number of aliphatic hydroxyl groups excluding tert-OH is 1. The molecule has 0 bridgehead atoms. The molecule has 1 N–H and O–H groups in total. The van der Waals surface area contributed by atoms with Crippen molar-refractivity contribution in [1.29, 1.82) is 0 Å². The molecule has 0 spiro atoms. The standard InChI is InChI=1S/C13H9Cl2F.C5H8O3/c1-8-12(14)6-10(7-13(8)15)9-2-4-11(16)5-3-9;6-3-4-1-2-5(7)8-4/h2-7H,1H3;4,6H,1-3H2. The van der Waals surface area contributed by atoms with Gasteiger partial charge in [0.1, 0.15) is 11.9 Å². The number of ether oxygens (including phenoxy) is 1. The lowest BCUT2D eigenvalue weighted by Gasteiger charge is -2.06. The Morgan fingerprint density at radius 1 is 1.17 bits per heavy atom. The van der Waals surface area contributed by atoms with E-state index in [1.54, 1.807) is 12.1 Å². The van der Waals surface area contributed by atoms with Gasteiger partial charge in [-0.15, -0.1) is 0 Å². The minimum atomic E-state index is -0.256. The van der Waals surface area contributed by atoms with E-state index < -0.39 is 0 Å². The van der Waals surface area contributed by atoms with Crippen molar-refractivity contribution in [3.05, 3.63) is 57.8 Å². The summed E-state index contributed by atoms with van der Waals surface area (Å²) in [6.07, 6.45) is 0.920. The zero-order valence-corrected chi connectivity index (χ0v) is 14.6. The van der Waals surface area contributed by atoms with E-state index in [0.717, 1.165) is 16.7 Å². The summed E-state index contributed by atoms with van der Waals surface area (Å²) < 4.78 is 17.4. The Hall–Kier alpha value is -1.62. The second kappa shape index (κ2) is 8.47. The molecule has 128 valence electrons. The molecule has 1 fully saturated rings. The Kier molecular flexibility index (Phi) is 6.60. The monoisotopic (exact) mass is 370 g/mol. The normalized spacial score (nSPS) is 16.4. The van der Waals surface area contributed by atoms with E-state index in [2.05, 4.69) is 4.74 Å². The maximum absolute atomic E-state index is 12.8. The maximum Gasteiger partial charge on any atom is 0.306 e. The predicted octanol–water partition coefficient (Wildman–Crippen LogP) is 4.79. The van der Waals surface area contributed by atoms with Gasteiger partial charge in [-0.05, 0) is 54.3 Å². The first kappa shape index (κ1) is 18.7.